The fourth-order valence-corrected chi connectivity index (χ4v) is 2.88. The van der Waals surface area contributed by atoms with Crippen molar-refractivity contribution in [1.29, 1.82) is 0 Å². The molecule has 0 amide bonds. The number of rotatable bonds is 4. The van der Waals surface area contributed by atoms with Crippen molar-refractivity contribution in [2.45, 2.75) is 39.4 Å². The Balaban J connectivity index is 2.04. The van der Waals surface area contributed by atoms with Gasteiger partial charge in [-0.2, -0.15) is 0 Å². The lowest BCUT2D eigenvalue weighted by molar-refractivity contribution is 0.0581. The highest BCUT2D eigenvalue weighted by Crippen LogP contribution is 2.32. The van der Waals surface area contributed by atoms with E-state index in [0.29, 0.717) is 12.2 Å². The van der Waals surface area contributed by atoms with Gasteiger partial charge in [-0.15, -0.1) is 0 Å². The summed E-state index contributed by atoms with van der Waals surface area (Å²) in [7, 11) is 0. The van der Waals surface area contributed by atoms with Crippen LogP contribution in [0.15, 0.2) is 24.4 Å². The summed E-state index contributed by atoms with van der Waals surface area (Å²) in [6.45, 7) is 6.69. The van der Waals surface area contributed by atoms with Crippen LogP contribution in [0.1, 0.15) is 37.6 Å². The molecule has 1 aliphatic heterocycles. The van der Waals surface area contributed by atoms with Crippen molar-refractivity contribution >= 4 is 16.7 Å². The van der Waals surface area contributed by atoms with Gasteiger partial charge in [-0.25, -0.2) is 0 Å². The van der Waals surface area contributed by atoms with Crippen molar-refractivity contribution in [1.82, 2.24) is 4.98 Å². The quantitative estimate of drug-likeness (QED) is 0.875. The molecule has 4 nitrogen and oxygen atoms in total. The van der Waals surface area contributed by atoms with E-state index in [-0.39, 0.29) is 23.9 Å². The number of benzene rings is 1. The highest BCUT2D eigenvalue weighted by molar-refractivity contribution is 6.12. The summed E-state index contributed by atoms with van der Waals surface area (Å²) < 4.78 is 11.5. The van der Waals surface area contributed by atoms with Gasteiger partial charge in [0, 0.05) is 23.9 Å². The molecule has 1 aliphatic rings. The van der Waals surface area contributed by atoms with E-state index >= 15 is 0 Å². The first kappa shape index (κ1) is 14.1. The monoisotopic (exact) mass is 287 g/mol. The number of aromatic nitrogens is 1. The highest BCUT2D eigenvalue weighted by Gasteiger charge is 2.33. The lowest BCUT2D eigenvalue weighted by Gasteiger charge is -2.15. The maximum Gasteiger partial charge on any atom is 0.194 e. The van der Waals surface area contributed by atoms with Gasteiger partial charge < -0.3 is 14.5 Å². The summed E-state index contributed by atoms with van der Waals surface area (Å²) in [6.07, 6.45) is 2.44. The fourth-order valence-electron chi connectivity index (χ4n) is 2.88. The predicted octanol–water partition coefficient (Wildman–Crippen LogP) is 3.56. The molecular weight excluding hydrogens is 266 g/mol. The molecule has 1 aromatic carbocycles. The Morgan fingerprint density at radius 1 is 1.43 bits per heavy atom. The van der Waals surface area contributed by atoms with Crippen molar-refractivity contribution in [2.24, 2.45) is 5.92 Å². The number of nitrogens with one attached hydrogen (secondary N) is 1. The average molecular weight is 287 g/mol. The van der Waals surface area contributed by atoms with Crippen molar-refractivity contribution in [3.8, 4) is 5.75 Å². The first-order valence-corrected chi connectivity index (χ1v) is 7.50. The summed E-state index contributed by atoms with van der Waals surface area (Å²) in [5.41, 5.74) is 1.59. The Labute approximate surface area is 124 Å². The van der Waals surface area contributed by atoms with E-state index in [1.54, 1.807) is 6.20 Å². The van der Waals surface area contributed by atoms with E-state index in [9.17, 15) is 4.79 Å². The molecule has 1 aromatic heterocycles. The number of carbonyl (C=O) groups is 1. The zero-order valence-electron chi connectivity index (χ0n) is 12.7. The predicted molar refractivity (Wildman–Crippen MR) is 81.9 cm³/mol. The van der Waals surface area contributed by atoms with E-state index in [1.807, 2.05) is 32.0 Å². The minimum atomic E-state index is -0.337. The number of hydrogen-bond acceptors (Lipinski definition) is 3. The Morgan fingerprint density at radius 2 is 2.24 bits per heavy atom. The molecule has 1 N–H and O–H groups in total. The molecule has 0 spiro atoms. The average Bonchev–Trinajstić information content (AvgIpc) is 3.04. The van der Waals surface area contributed by atoms with Gasteiger partial charge >= 0.3 is 0 Å². The van der Waals surface area contributed by atoms with E-state index in [2.05, 4.69) is 11.9 Å². The van der Waals surface area contributed by atoms with Gasteiger partial charge in [0.2, 0.25) is 0 Å². The van der Waals surface area contributed by atoms with Gasteiger partial charge in [0.1, 0.15) is 11.9 Å². The van der Waals surface area contributed by atoms with Crippen LogP contribution < -0.4 is 4.74 Å². The molecule has 2 heterocycles. The SMILES string of the molecule is CC(C)Oc1cccc2[nH]cc(C(=O)C3OCCC3C)c12. The van der Waals surface area contributed by atoms with Gasteiger partial charge in [-0.1, -0.05) is 13.0 Å². The maximum atomic E-state index is 12.8. The molecule has 0 saturated carbocycles. The van der Waals surface area contributed by atoms with E-state index < -0.39 is 0 Å². The summed E-state index contributed by atoms with van der Waals surface area (Å²) >= 11 is 0. The van der Waals surface area contributed by atoms with Crippen LogP contribution in [0, 0.1) is 5.92 Å². The van der Waals surface area contributed by atoms with E-state index in [0.717, 1.165) is 23.1 Å². The fraction of sp³-hybridized carbons (Fsp3) is 0.471. The van der Waals surface area contributed by atoms with Gasteiger partial charge in [0.25, 0.3) is 0 Å². The van der Waals surface area contributed by atoms with Gasteiger partial charge in [0.15, 0.2) is 5.78 Å². The zero-order chi connectivity index (χ0) is 15.0. The van der Waals surface area contributed by atoms with E-state index in [1.165, 1.54) is 0 Å². The minimum absolute atomic E-state index is 0.0473. The third-order valence-electron chi connectivity index (χ3n) is 3.94. The molecule has 2 unspecified atom stereocenters. The Hall–Kier alpha value is -1.81. The molecule has 1 fully saturated rings. The maximum absolute atomic E-state index is 12.8. The van der Waals surface area contributed by atoms with Crippen molar-refractivity contribution < 1.29 is 14.3 Å². The summed E-state index contributed by atoms with van der Waals surface area (Å²) in [5.74, 6) is 1.06. The number of aromatic amines is 1. The first-order chi connectivity index (χ1) is 10.1. The molecular formula is C17H21NO3. The van der Waals surface area contributed by atoms with Gasteiger partial charge in [-0.05, 0) is 38.3 Å². The first-order valence-electron chi connectivity index (χ1n) is 7.50. The number of Topliss-reactive ketones (excluding diaryl/α,β-unsaturated/α-hetero) is 1. The van der Waals surface area contributed by atoms with Crippen LogP contribution in [0.3, 0.4) is 0 Å². The molecule has 0 bridgehead atoms. The Bertz CT molecular complexity index is 659. The zero-order valence-corrected chi connectivity index (χ0v) is 12.7. The molecule has 4 heteroatoms. The Morgan fingerprint density at radius 3 is 2.90 bits per heavy atom. The Kier molecular flexibility index (Phi) is 3.72. The van der Waals surface area contributed by atoms with Gasteiger partial charge in [0.05, 0.1) is 11.5 Å². The molecule has 1 saturated heterocycles. The van der Waals surface area contributed by atoms with Gasteiger partial charge in [-0.3, -0.25) is 4.79 Å². The smallest absolute Gasteiger partial charge is 0.194 e. The molecule has 21 heavy (non-hydrogen) atoms. The minimum Gasteiger partial charge on any atom is -0.490 e. The topological polar surface area (TPSA) is 51.3 Å². The van der Waals surface area contributed by atoms with Crippen molar-refractivity contribution in [3.05, 3.63) is 30.0 Å². The highest BCUT2D eigenvalue weighted by atomic mass is 16.5. The largest absolute Gasteiger partial charge is 0.490 e. The van der Waals surface area contributed by atoms with Crippen LogP contribution in [-0.2, 0) is 4.74 Å². The van der Waals surface area contributed by atoms with Crippen molar-refractivity contribution in [3.63, 3.8) is 0 Å². The molecule has 0 radical (unpaired) electrons. The van der Waals surface area contributed by atoms with Crippen LogP contribution in [-0.4, -0.2) is 29.6 Å². The molecule has 112 valence electrons. The number of ether oxygens (including phenoxy) is 2. The van der Waals surface area contributed by atoms with Crippen LogP contribution in [0.2, 0.25) is 0 Å². The summed E-state index contributed by atoms with van der Waals surface area (Å²) in [5, 5.41) is 0.860. The normalized spacial score (nSPS) is 22.1. The number of fused-ring (bicyclic) bond motifs is 1. The molecule has 3 rings (SSSR count). The number of H-pyrrole nitrogens is 1. The standard InChI is InChI=1S/C17H21NO3/c1-10(2)21-14-6-4-5-13-15(14)12(9-18-13)16(19)17-11(3)7-8-20-17/h4-6,9-11,17-18H,7-8H2,1-3H3. The number of hydrogen-bond donors (Lipinski definition) is 1. The summed E-state index contributed by atoms with van der Waals surface area (Å²) in [6, 6.07) is 5.80. The van der Waals surface area contributed by atoms with E-state index in [4.69, 9.17) is 9.47 Å². The lowest BCUT2D eigenvalue weighted by Crippen LogP contribution is -2.25. The second-order valence-corrected chi connectivity index (χ2v) is 5.97. The van der Waals surface area contributed by atoms with Crippen LogP contribution in [0.25, 0.3) is 10.9 Å². The second-order valence-electron chi connectivity index (χ2n) is 5.97. The van der Waals surface area contributed by atoms with Crippen LogP contribution >= 0.6 is 0 Å². The third kappa shape index (κ3) is 2.56. The summed E-state index contributed by atoms with van der Waals surface area (Å²) in [4.78, 5) is 15.9. The third-order valence-corrected chi connectivity index (χ3v) is 3.94. The second kappa shape index (κ2) is 5.53. The molecule has 2 atom stereocenters. The lowest BCUT2D eigenvalue weighted by atomic mass is 9.96. The van der Waals surface area contributed by atoms with Crippen molar-refractivity contribution in [2.75, 3.05) is 6.61 Å². The molecule has 0 aliphatic carbocycles. The number of carbonyl (C=O) groups excluding carboxylic acids is 1. The van der Waals surface area contributed by atoms with Crippen LogP contribution in [0.5, 0.6) is 5.75 Å². The number of ketones is 1. The molecule has 2 aromatic rings. The van der Waals surface area contributed by atoms with Crippen LogP contribution in [0.4, 0.5) is 0 Å².